The maximum atomic E-state index is 13.1. The Kier molecular flexibility index (Phi) is 16.4. The Hall–Kier alpha value is -9.85. The maximum absolute atomic E-state index is 13.1. The molecular weight excluding hydrogens is 917 g/mol. The lowest BCUT2D eigenvalue weighted by atomic mass is 10.1. The van der Waals surface area contributed by atoms with E-state index in [0.29, 0.717) is 39.6 Å². The van der Waals surface area contributed by atoms with E-state index in [9.17, 15) is 24.0 Å². The van der Waals surface area contributed by atoms with Gasteiger partial charge in [-0.25, -0.2) is 23.5 Å². The molecule has 4 heterocycles. The summed E-state index contributed by atoms with van der Waals surface area (Å²) in [5, 5.41) is 21.7. The van der Waals surface area contributed by atoms with E-state index in [0.717, 1.165) is 39.0 Å². The fourth-order valence-corrected chi connectivity index (χ4v) is 6.87. The summed E-state index contributed by atoms with van der Waals surface area (Å²) in [5.41, 5.74) is 20.7. The first-order chi connectivity index (χ1) is 34.4. The van der Waals surface area contributed by atoms with E-state index in [4.69, 9.17) is 34.5 Å². The number of ether oxygens (including phenoxy) is 1. The first-order valence-corrected chi connectivity index (χ1v) is 22.0. The highest BCUT2D eigenvalue weighted by atomic mass is 16.6. The van der Waals surface area contributed by atoms with E-state index in [1.54, 1.807) is 157 Å². The molecule has 0 radical (unpaired) electrons. The minimum absolute atomic E-state index is 0.0786. The zero-order chi connectivity index (χ0) is 52.1. The van der Waals surface area contributed by atoms with E-state index in [2.05, 4.69) is 30.5 Å². The van der Waals surface area contributed by atoms with Crippen LogP contribution in [0.15, 0.2) is 146 Å². The lowest BCUT2D eigenvalue weighted by Crippen LogP contribution is -2.35. The summed E-state index contributed by atoms with van der Waals surface area (Å²) >= 11 is 0. The van der Waals surface area contributed by atoms with Gasteiger partial charge in [0.05, 0.1) is 43.1 Å². The van der Waals surface area contributed by atoms with Crippen LogP contribution in [0.4, 0.5) is 38.9 Å². The van der Waals surface area contributed by atoms with Gasteiger partial charge < -0.3 is 41.7 Å². The van der Waals surface area contributed by atoms with Crippen LogP contribution in [0.2, 0.25) is 0 Å². The number of hydrogen-bond acceptors (Lipinski definition) is 10. The highest BCUT2D eigenvalue weighted by Gasteiger charge is 2.19. The number of nitrogens with zero attached hydrogens (tertiary/aromatic N) is 8. The summed E-state index contributed by atoms with van der Waals surface area (Å²) in [6.45, 7) is 18.7. The highest BCUT2D eigenvalue weighted by molar-refractivity contribution is 6.08. The second-order valence-corrected chi connectivity index (χ2v) is 16.8. The first kappa shape index (κ1) is 51.5. The molecule has 0 aliphatic rings. The number of carboxylic acid groups (broad SMARTS) is 1. The predicted octanol–water partition coefficient (Wildman–Crippen LogP) is 8.73. The van der Waals surface area contributed by atoms with E-state index in [-0.39, 0.29) is 24.3 Å². The molecule has 0 aliphatic heterocycles. The minimum atomic E-state index is -1.10. The Morgan fingerprint density at radius 3 is 1.50 bits per heavy atom. The maximum Gasteiger partial charge on any atom is 0.408 e. The zero-order valence-electron chi connectivity index (χ0n) is 39.9. The molecule has 0 bridgehead atoms. The van der Waals surface area contributed by atoms with E-state index in [1.165, 1.54) is 0 Å². The second kappa shape index (κ2) is 23.0. The van der Waals surface area contributed by atoms with Crippen molar-refractivity contribution in [1.82, 2.24) is 24.5 Å². The van der Waals surface area contributed by atoms with Gasteiger partial charge in [-0.1, -0.05) is 48.5 Å². The van der Waals surface area contributed by atoms with Gasteiger partial charge in [-0.2, -0.15) is 10.2 Å². The molecule has 4 amide bonds. The van der Waals surface area contributed by atoms with Crippen molar-refractivity contribution in [3.63, 3.8) is 0 Å². The third kappa shape index (κ3) is 13.2. The van der Waals surface area contributed by atoms with Gasteiger partial charge in [0.2, 0.25) is 5.91 Å². The Labute approximate surface area is 414 Å². The largest absolute Gasteiger partial charge is 0.480 e. The van der Waals surface area contributed by atoms with Crippen LogP contribution in [0.5, 0.6) is 0 Å². The van der Waals surface area contributed by atoms with Crippen molar-refractivity contribution in [2.45, 2.75) is 26.4 Å². The van der Waals surface area contributed by atoms with Gasteiger partial charge in [-0.15, -0.1) is 0 Å². The molecule has 0 unspecified atom stereocenters. The third-order valence-electron chi connectivity index (χ3n) is 10.5. The van der Waals surface area contributed by atoms with Crippen LogP contribution >= 0.6 is 0 Å². The van der Waals surface area contributed by atoms with Crippen LogP contribution in [0.1, 0.15) is 41.5 Å². The number of nitrogens with one attached hydrogen (secondary N) is 2. The number of carbonyl (C=O) groups excluding carboxylic acids is 4. The Bertz CT molecular complexity index is 3330. The van der Waals surface area contributed by atoms with Crippen molar-refractivity contribution in [3.8, 4) is 22.3 Å². The number of carbonyl (C=O) groups is 5. The second-order valence-electron chi connectivity index (χ2n) is 16.8. The summed E-state index contributed by atoms with van der Waals surface area (Å²) in [6.07, 6.45) is 6.33. The van der Waals surface area contributed by atoms with Gasteiger partial charge in [-0.3, -0.25) is 19.2 Å². The quantitative estimate of drug-likeness (QED) is 0.0641. The number of fused-ring (bicyclic) bond motifs is 2. The highest BCUT2D eigenvalue weighted by Crippen LogP contribution is 2.29. The number of rotatable bonds is 10. The van der Waals surface area contributed by atoms with Gasteiger partial charge >= 0.3 is 12.1 Å². The number of hydrogen-bond donors (Lipinski definition) is 5. The van der Waals surface area contributed by atoms with Gasteiger partial charge in [0.1, 0.15) is 12.1 Å². The molecule has 19 heteroatoms. The zero-order valence-corrected chi connectivity index (χ0v) is 39.9. The molecule has 0 saturated heterocycles. The van der Waals surface area contributed by atoms with Gasteiger partial charge in [0.15, 0.2) is 11.4 Å². The van der Waals surface area contributed by atoms with Crippen molar-refractivity contribution in [2.24, 2.45) is 5.73 Å². The van der Waals surface area contributed by atoms with Crippen molar-refractivity contribution in [2.75, 3.05) is 48.0 Å². The van der Waals surface area contributed by atoms with Crippen molar-refractivity contribution < 1.29 is 33.8 Å². The number of amides is 4. The van der Waals surface area contributed by atoms with Crippen molar-refractivity contribution in [1.29, 1.82) is 0 Å². The molecule has 0 atom stereocenters. The van der Waals surface area contributed by atoms with Crippen molar-refractivity contribution in [3.05, 3.63) is 180 Å². The van der Waals surface area contributed by atoms with Crippen LogP contribution in [-0.2, 0) is 14.3 Å². The molecule has 72 heavy (non-hydrogen) atoms. The predicted molar refractivity (Wildman–Crippen MR) is 276 cm³/mol. The van der Waals surface area contributed by atoms with E-state index >= 15 is 0 Å². The summed E-state index contributed by atoms with van der Waals surface area (Å²) in [5.74, 6) is -1.66. The van der Waals surface area contributed by atoms with Crippen LogP contribution in [0.25, 0.3) is 43.0 Å². The molecule has 0 saturated carbocycles. The molecule has 0 spiro atoms. The van der Waals surface area contributed by atoms with Gasteiger partial charge in [0.25, 0.3) is 11.8 Å². The minimum Gasteiger partial charge on any atom is -0.480 e. The number of pyridine rings is 2. The number of nitrogen functional groups attached to an aromatic ring is 1. The van der Waals surface area contributed by atoms with Crippen molar-refractivity contribution >= 4 is 74.9 Å². The lowest BCUT2D eigenvalue weighted by Gasteiger charge is -2.19. The molecular formula is C53H50N12O7. The fraction of sp³-hybridized carbons (Fsp3) is 0.151. The average Bonchev–Trinajstić information content (AvgIpc) is 4.02. The average molecular weight is 967 g/mol. The van der Waals surface area contributed by atoms with Gasteiger partial charge in [-0.05, 0) is 105 Å². The van der Waals surface area contributed by atoms with Crippen LogP contribution in [0.3, 0.4) is 0 Å². The SMILES string of the molecule is CC(C)(C)OC(=O)NCC(=O)O.[C-]#[N+]c1ccc(N(C)C(=O)c2ccn3ncc(-c4ccc(N)cc4)c3c2)cc1.[C-]#[N+]c1ccc(N(C)C(=O)c2ccn3ncc(-c4ccc(NC(=O)CN)cc4)c3c2)cc1. The number of alkyl carbamates (subject to hydrolysis) is 1. The molecule has 4 aromatic heterocycles. The van der Waals surface area contributed by atoms with E-state index < -0.39 is 24.2 Å². The Morgan fingerprint density at radius 1 is 0.681 bits per heavy atom. The number of benzene rings is 4. The van der Waals surface area contributed by atoms with E-state index in [1.807, 2.05) is 42.5 Å². The lowest BCUT2D eigenvalue weighted by molar-refractivity contribution is -0.136. The molecule has 7 N–H and O–H groups in total. The Morgan fingerprint density at radius 2 is 1.11 bits per heavy atom. The molecule has 364 valence electrons. The first-order valence-electron chi connectivity index (χ1n) is 22.0. The number of carboxylic acids is 1. The molecule has 8 rings (SSSR count). The number of aliphatic carboxylic acids is 1. The summed E-state index contributed by atoms with van der Waals surface area (Å²) in [7, 11) is 3.42. The number of aromatic nitrogens is 4. The van der Waals surface area contributed by atoms with Crippen LogP contribution in [-0.4, -0.2) is 86.9 Å². The summed E-state index contributed by atoms with van der Waals surface area (Å²) < 4.78 is 8.23. The molecule has 0 aliphatic carbocycles. The standard InChI is InChI=1S/C24H20N6O2.C22H17N5O.C7H13NO4/c1-26-18-7-9-20(10-8-18)29(2)24(32)17-11-12-30-22(13-17)21(15-27-30)16-3-5-19(6-4-16)28-23(31)14-25;1-24-18-7-9-19(10-8-18)26(2)22(28)16-11-12-27-21(13-16)20(14-25-27)15-3-5-17(23)6-4-15;1-7(2,3)12-6(11)8-4-5(9)10/h3-13,15H,14,25H2,2H3,(H,28,31);3-14H,23H2,2H3;4H2,1-3H3,(H,8,11)(H,9,10). The Balaban J connectivity index is 0.000000194. The van der Waals surface area contributed by atoms with Gasteiger partial charge in [0, 0.05) is 71.5 Å². The monoisotopic (exact) mass is 966 g/mol. The topological polar surface area (TPSA) is 241 Å². The third-order valence-corrected chi connectivity index (χ3v) is 10.5. The molecule has 8 aromatic rings. The van der Waals surface area contributed by atoms with Crippen LogP contribution in [0, 0.1) is 13.1 Å². The summed E-state index contributed by atoms with van der Waals surface area (Å²) in [4.78, 5) is 68.1. The molecule has 19 nitrogen and oxygen atoms in total. The molecule has 4 aromatic carbocycles. The fourth-order valence-electron chi connectivity index (χ4n) is 6.87. The summed E-state index contributed by atoms with van der Waals surface area (Å²) in [6, 6.07) is 35.8. The molecule has 0 fully saturated rings. The number of nitrogens with two attached hydrogens (primary N) is 2. The smallest absolute Gasteiger partial charge is 0.408 e. The normalized spacial score (nSPS) is 10.6. The number of anilines is 4. The van der Waals surface area contributed by atoms with Crippen LogP contribution < -0.4 is 31.9 Å².